The van der Waals surface area contributed by atoms with E-state index in [4.69, 9.17) is 4.74 Å². The van der Waals surface area contributed by atoms with Crippen molar-refractivity contribution in [2.45, 2.75) is 50.6 Å². The molecule has 0 amide bonds. The number of morpholine rings is 1. The van der Waals surface area contributed by atoms with E-state index in [0.717, 1.165) is 64.4 Å². The predicted octanol–water partition coefficient (Wildman–Crippen LogP) is 2.94. The van der Waals surface area contributed by atoms with Crippen LogP contribution < -0.4 is 10.6 Å². The van der Waals surface area contributed by atoms with Crippen LogP contribution in [0.15, 0.2) is 22.5 Å². The zero-order valence-corrected chi connectivity index (χ0v) is 19.1. The van der Waals surface area contributed by atoms with Gasteiger partial charge in [-0.2, -0.15) is 0 Å². The van der Waals surface area contributed by atoms with Crippen molar-refractivity contribution in [1.82, 2.24) is 20.4 Å². The summed E-state index contributed by atoms with van der Waals surface area (Å²) in [5.74, 6) is 0.903. The summed E-state index contributed by atoms with van der Waals surface area (Å²) in [5.41, 5.74) is 0. The molecule has 1 aliphatic heterocycles. The summed E-state index contributed by atoms with van der Waals surface area (Å²) < 4.78 is 5.54. The lowest BCUT2D eigenvalue weighted by atomic mass is 9.94. The standard InChI is InChI=1S/C22H39N5OS/c1-23-22(24-11-7-12-26(2)19-8-4-3-5-9-19)25-18-20(21-10-6-17-29-21)27-13-15-28-16-14-27/h6,10,17,19-20H,3-5,7-9,11-16,18H2,1-2H3,(H2,23,24,25). The molecule has 1 aromatic heterocycles. The zero-order valence-electron chi connectivity index (χ0n) is 18.2. The Kier molecular flexibility index (Phi) is 9.73. The van der Waals surface area contributed by atoms with E-state index in [0.29, 0.717) is 6.04 Å². The average molecular weight is 422 g/mol. The van der Waals surface area contributed by atoms with Gasteiger partial charge >= 0.3 is 0 Å². The monoisotopic (exact) mass is 421 g/mol. The maximum Gasteiger partial charge on any atom is 0.191 e. The second kappa shape index (κ2) is 12.5. The van der Waals surface area contributed by atoms with Crippen molar-refractivity contribution in [2.75, 3.05) is 60.0 Å². The van der Waals surface area contributed by atoms with E-state index >= 15 is 0 Å². The van der Waals surface area contributed by atoms with Crippen LogP contribution in [0, 0.1) is 0 Å². The van der Waals surface area contributed by atoms with E-state index in [-0.39, 0.29) is 0 Å². The molecule has 0 bridgehead atoms. The predicted molar refractivity (Wildman–Crippen MR) is 123 cm³/mol. The first-order valence-electron chi connectivity index (χ1n) is 11.3. The maximum atomic E-state index is 5.54. The Morgan fingerprint density at radius 2 is 2.07 bits per heavy atom. The molecule has 1 unspecified atom stereocenters. The Morgan fingerprint density at radius 3 is 2.76 bits per heavy atom. The van der Waals surface area contributed by atoms with Crippen LogP contribution in [0.1, 0.15) is 49.4 Å². The molecule has 2 fully saturated rings. The molecule has 6 nitrogen and oxygen atoms in total. The molecular formula is C22H39N5OS. The summed E-state index contributed by atoms with van der Waals surface area (Å²) in [7, 11) is 4.15. The molecule has 2 aliphatic rings. The number of rotatable bonds is 9. The van der Waals surface area contributed by atoms with Crippen molar-refractivity contribution >= 4 is 17.3 Å². The molecule has 1 aliphatic carbocycles. The number of nitrogens with one attached hydrogen (secondary N) is 2. The van der Waals surface area contributed by atoms with Crippen molar-refractivity contribution in [2.24, 2.45) is 4.99 Å². The first kappa shape index (κ1) is 22.5. The highest BCUT2D eigenvalue weighted by Gasteiger charge is 2.23. The van der Waals surface area contributed by atoms with Gasteiger partial charge in [-0.3, -0.25) is 9.89 Å². The van der Waals surface area contributed by atoms with Crippen molar-refractivity contribution in [3.63, 3.8) is 0 Å². The quantitative estimate of drug-likeness (QED) is 0.365. The van der Waals surface area contributed by atoms with Crippen LogP contribution in [0.5, 0.6) is 0 Å². The Morgan fingerprint density at radius 1 is 1.28 bits per heavy atom. The number of thiophene rings is 1. The van der Waals surface area contributed by atoms with Crippen LogP contribution >= 0.6 is 11.3 Å². The molecule has 1 saturated heterocycles. The fourth-order valence-corrected chi connectivity index (χ4v) is 5.29. The summed E-state index contributed by atoms with van der Waals surface area (Å²) in [6.45, 7) is 6.60. The summed E-state index contributed by atoms with van der Waals surface area (Å²) in [6, 6.07) is 5.55. The number of hydrogen-bond acceptors (Lipinski definition) is 5. The Labute approximate surface area is 180 Å². The van der Waals surface area contributed by atoms with Gasteiger partial charge in [0.2, 0.25) is 0 Å². The average Bonchev–Trinajstić information content (AvgIpc) is 3.31. The zero-order chi connectivity index (χ0) is 20.3. The maximum absolute atomic E-state index is 5.54. The second-order valence-electron chi connectivity index (χ2n) is 8.19. The fourth-order valence-electron chi connectivity index (χ4n) is 4.43. The highest BCUT2D eigenvalue weighted by Crippen LogP contribution is 2.25. The van der Waals surface area contributed by atoms with Gasteiger partial charge in [0.15, 0.2) is 5.96 Å². The van der Waals surface area contributed by atoms with Gasteiger partial charge in [-0.1, -0.05) is 25.3 Å². The van der Waals surface area contributed by atoms with Gasteiger partial charge in [0, 0.05) is 44.1 Å². The van der Waals surface area contributed by atoms with Crippen LogP contribution in [0.4, 0.5) is 0 Å². The minimum Gasteiger partial charge on any atom is -0.379 e. The van der Waals surface area contributed by atoms with E-state index < -0.39 is 0 Å². The van der Waals surface area contributed by atoms with Crippen LogP contribution in [0.25, 0.3) is 0 Å². The molecule has 1 atom stereocenters. The van der Waals surface area contributed by atoms with Gasteiger partial charge in [-0.25, -0.2) is 0 Å². The normalized spacial score (nSPS) is 20.7. The van der Waals surface area contributed by atoms with Crippen LogP contribution in [0.2, 0.25) is 0 Å². The third-order valence-electron chi connectivity index (χ3n) is 6.22. The van der Waals surface area contributed by atoms with Gasteiger partial charge in [0.25, 0.3) is 0 Å². The second-order valence-corrected chi connectivity index (χ2v) is 9.16. The van der Waals surface area contributed by atoms with Crippen molar-refractivity contribution < 1.29 is 4.74 Å². The Bertz CT molecular complexity index is 582. The number of aliphatic imine (C=N–C) groups is 1. The summed E-state index contributed by atoms with van der Waals surface area (Å²) in [4.78, 5) is 10.9. The SMILES string of the molecule is CN=C(NCCCN(C)C1CCCCC1)NCC(c1cccs1)N1CCOCC1. The van der Waals surface area contributed by atoms with Crippen LogP contribution in [-0.4, -0.2) is 81.8 Å². The number of guanidine groups is 1. The Balaban J connectivity index is 1.40. The number of nitrogens with zero attached hydrogens (tertiary/aromatic N) is 3. The van der Waals surface area contributed by atoms with Crippen LogP contribution in [0.3, 0.4) is 0 Å². The van der Waals surface area contributed by atoms with Crippen molar-refractivity contribution in [3.8, 4) is 0 Å². The van der Waals surface area contributed by atoms with Gasteiger partial charge in [-0.15, -0.1) is 11.3 Å². The largest absolute Gasteiger partial charge is 0.379 e. The lowest BCUT2D eigenvalue weighted by Gasteiger charge is -2.34. The minimum absolute atomic E-state index is 0.370. The lowest BCUT2D eigenvalue weighted by Crippen LogP contribution is -2.46. The van der Waals surface area contributed by atoms with E-state index in [1.807, 2.05) is 18.4 Å². The van der Waals surface area contributed by atoms with Gasteiger partial charge in [0.1, 0.15) is 0 Å². The molecule has 29 heavy (non-hydrogen) atoms. The summed E-state index contributed by atoms with van der Waals surface area (Å²) >= 11 is 1.83. The molecule has 0 radical (unpaired) electrons. The van der Waals surface area contributed by atoms with Gasteiger partial charge in [-0.05, 0) is 44.3 Å². The molecule has 7 heteroatoms. The minimum atomic E-state index is 0.370. The Hall–Kier alpha value is -1.15. The van der Waals surface area contributed by atoms with E-state index in [1.165, 1.54) is 37.0 Å². The smallest absolute Gasteiger partial charge is 0.191 e. The summed E-state index contributed by atoms with van der Waals surface area (Å²) in [5, 5.41) is 9.23. The molecule has 0 aromatic carbocycles. The molecule has 164 valence electrons. The molecule has 3 rings (SSSR count). The summed E-state index contributed by atoms with van der Waals surface area (Å²) in [6.07, 6.45) is 8.12. The molecule has 1 aromatic rings. The third kappa shape index (κ3) is 7.24. The van der Waals surface area contributed by atoms with E-state index in [9.17, 15) is 0 Å². The highest BCUT2D eigenvalue weighted by molar-refractivity contribution is 7.10. The highest BCUT2D eigenvalue weighted by atomic mass is 32.1. The number of hydrogen-bond donors (Lipinski definition) is 2. The van der Waals surface area contributed by atoms with E-state index in [1.54, 1.807) is 0 Å². The molecule has 2 heterocycles. The molecule has 1 saturated carbocycles. The molecule has 2 N–H and O–H groups in total. The van der Waals surface area contributed by atoms with Crippen molar-refractivity contribution in [3.05, 3.63) is 22.4 Å². The van der Waals surface area contributed by atoms with Crippen molar-refractivity contribution in [1.29, 1.82) is 0 Å². The fraction of sp³-hybridized carbons (Fsp3) is 0.773. The topological polar surface area (TPSA) is 52.1 Å². The van der Waals surface area contributed by atoms with Crippen LogP contribution in [-0.2, 0) is 4.74 Å². The van der Waals surface area contributed by atoms with E-state index in [2.05, 4.69) is 50.0 Å². The van der Waals surface area contributed by atoms with Gasteiger partial charge in [0.05, 0.1) is 19.3 Å². The molecule has 0 spiro atoms. The molecular weight excluding hydrogens is 382 g/mol. The number of ether oxygens (including phenoxy) is 1. The first-order chi connectivity index (χ1) is 14.3. The van der Waals surface area contributed by atoms with Gasteiger partial charge < -0.3 is 20.3 Å². The lowest BCUT2D eigenvalue weighted by molar-refractivity contribution is 0.0177. The first-order valence-corrected chi connectivity index (χ1v) is 12.2. The third-order valence-corrected chi connectivity index (χ3v) is 7.20.